The minimum atomic E-state index is 0.0937. The van der Waals surface area contributed by atoms with Crippen molar-refractivity contribution in [3.05, 3.63) is 102 Å². The molecule has 0 amide bonds. The largest absolute Gasteiger partial charge is 0.364 e. The number of nitrogens with zero attached hydrogens (tertiary/aromatic N) is 2. The molecule has 3 heteroatoms. The number of benzene rings is 2. The van der Waals surface area contributed by atoms with Gasteiger partial charge in [0.25, 0.3) is 0 Å². The number of aromatic nitrogens is 1. The van der Waals surface area contributed by atoms with Gasteiger partial charge in [-0.3, -0.25) is 9.98 Å². The molecule has 1 aromatic heterocycles. The van der Waals surface area contributed by atoms with Crippen LogP contribution < -0.4 is 5.32 Å². The van der Waals surface area contributed by atoms with Crippen LogP contribution in [0, 0.1) is 0 Å². The lowest BCUT2D eigenvalue weighted by molar-refractivity contribution is 0.569. The van der Waals surface area contributed by atoms with Gasteiger partial charge < -0.3 is 5.32 Å². The fourth-order valence-electron chi connectivity index (χ4n) is 3.33. The lowest BCUT2D eigenvalue weighted by Gasteiger charge is -2.19. The van der Waals surface area contributed by atoms with Crippen LogP contribution in [0.5, 0.6) is 0 Å². The number of amidine groups is 1. The van der Waals surface area contributed by atoms with Gasteiger partial charge in [-0.1, -0.05) is 66.7 Å². The second kappa shape index (κ2) is 7.31. The standard InChI is InChI=1S/C22H21N3/c1-3-8-17(9-4-1)13-14-20-24-21(18-10-5-2-6-11-18)22(25-20)19-12-7-15-23-16-19/h1-12,15-16,21-22H,13-14H2,(H,24,25)/t21-,22+/m1/s1. The van der Waals surface area contributed by atoms with E-state index in [2.05, 4.69) is 71.0 Å². The molecule has 0 aliphatic carbocycles. The van der Waals surface area contributed by atoms with E-state index in [0.29, 0.717) is 0 Å². The molecule has 0 fully saturated rings. The first-order chi connectivity index (χ1) is 12.4. The van der Waals surface area contributed by atoms with Crippen LogP contribution in [-0.2, 0) is 6.42 Å². The molecular formula is C22H21N3. The first kappa shape index (κ1) is 15.6. The Hall–Kier alpha value is -2.94. The van der Waals surface area contributed by atoms with E-state index in [1.54, 1.807) is 0 Å². The Morgan fingerprint density at radius 3 is 2.20 bits per heavy atom. The summed E-state index contributed by atoms with van der Waals surface area (Å²) < 4.78 is 0. The van der Waals surface area contributed by atoms with Gasteiger partial charge in [0.1, 0.15) is 6.04 Å². The molecule has 2 atom stereocenters. The Kier molecular flexibility index (Phi) is 4.55. The van der Waals surface area contributed by atoms with E-state index in [1.165, 1.54) is 16.7 Å². The molecule has 1 aliphatic heterocycles. The van der Waals surface area contributed by atoms with Gasteiger partial charge in [0.2, 0.25) is 0 Å². The summed E-state index contributed by atoms with van der Waals surface area (Å²) in [6.07, 6.45) is 5.66. The van der Waals surface area contributed by atoms with E-state index in [0.717, 1.165) is 18.7 Å². The topological polar surface area (TPSA) is 37.3 Å². The van der Waals surface area contributed by atoms with Crippen molar-refractivity contribution in [1.82, 2.24) is 10.3 Å². The van der Waals surface area contributed by atoms with Gasteiger partial charge in [0, 0.05) is 18.8 Å². The van der Waals surface area contributed by atoms with Crippen molar-refractivity contribution in [2.24, 2.45) is 4.99 Å². The smallest absolute Gasteiger partial charge is 0.101 e. The highest BCUT2D eigenvalue weighted by Crippen LogP contribution is 2.36. The predicted molar refractivity (Wildman–Crippen MR) is 101 cm³/mol. The maximum Gasteiger partial charge on any atom is 0.101 e. The van der Waals surface area contributed by atoms with Crippen molar-refractivity contribution in [3.63, 3.8) is 0 Å². The van der Waals surface area contributed by atoms with E-state index >= 15 is 0 Å². The lowest BCUT2D eigenvalue weighted by Crippen LogP contribution is -2.24. The number of nitrogens with one attached hydrogen (secondary N) is 1. The normalized spacial score (nSPS) is 19.3. The molecule has 0 spiro atoms. The van der Waals surface area contributed by atoms with Gasteiger partial charge in [-0.25, -0.2) is 0 Å². The summed E-state index contributed by atoms with van der Waals surface area (Å²) >= 11 is 0. The molecule has 0 unspecified atom stereocenters. The summed E-state index contributed by atoms with van der Waals surface area (Å²) in [4.78, 5) is 9.29. The summed E-state index contributed by atoms with van der Waals surface area (Å²) in [7, 11) is 0. The zero-order chi connectivity index (χ0) is 16.9. The zero-order valence-corrected chi connectivity index (χ0v) is 14.0. The van der Waals surface area contributed by atoms with Crippen LogP contribution in [0.15, 0.2) is 90.2 Å². The van der Waals surface area contributed by atoms with E-state index in [4.69, 9.17) is 4.99 Å². The van der Waals surface area contributed by atoms with E-state index in [9.17, 15) is 0 Å². The van der Waals surface area contributed by atoms with E-state index < -0.39 is 0 Å². The molecule has 3 nitrogen and oxygen atoms in total. The number of pyridine rings is 1. The van der Waals surface area contributed by atoms with Gasteiger partial charge in [0.05, 0.1) is 11.9 Å². The fourth-order valence-corrected chi connectivity index (χ4v) is 3.33. The molecule has 1 aliphatic rings. The molecule has 0 bridgehead atoms. The highest BCUT2D eigenvalue weighted by molar-refractivity contribution is 5.85. The van der Waals surface area contributed by atoms with Crippen LogP contribution in [0.2, 0.25) is 0 Å². The van der Waals surface area contributed by atoms with Gasteiger partial charge in [0.15, 0.2) is 0 Å². The van der Waals surface area contributed by atoms with Gasteiger partial charge >= 0.3 is 0 Å². The summed E-state index contributed by atoms with van der Waals surface area (Å²) in [5, 5.41) is 3.64. The van der Waals surface area contributed by atoms with Crippen molar-refractivity contribution in [1.29, 1.82) is 0 Å². The molecule has 25 heavy (non-hydrogen) atoms. The van der Waals surface area contributed by atoms with E-state index in [-0.39, 0.29) is 12.1 Å². The summed E-state index contributed by atoms with van der Waals surface area (Å²) in [5.41, 5.74) is 3.75. The second-order valence-corrected chi connectivity index (χ2v) is 6.33. The van der Waals surface area contributed by atoms with Crippen molar-refractivity contribution in [3.8, 4) is 0 Å². The molecule has 0 saturated heterocycles. The first-order valence-electron chi connectivity index (χ1n) is 8.72. The molecule has 0 radical (unpaired) electrons. The lowest BCUT2D eigenvalue weighted by atomic mass is 9.96. The summed E-state index contributed by atoms with van der Waals surface area (Å²) in [5.74, 6) is 1.08. The Morgan fingerprint density at radius 1 is 0.760 bits per heavy atom. The number of aliphatic imine (C=N–C) groups is 1. The summed E-state index contributed by atoms with van der Waals surface area (Å²) in [6, 6.07) is 25.4. The second-order valence-electron chi connectivity index (χ2n) is 6.33. The SMILES string of the molecule is c1ccc(CCC2=N[C@H](c3ccccc3)[C@H](c3cccnc3)N2)cc1. The van der Waals surface area contributed by atoms with Crippen LogP contribution in [-0.4, -0.2) is 10.8 Å². The van der Waals surface area contributed by atoms with Crippen LogP contribution >= 0.6 is 0 Å². The van der Waals surface area contributed by atoms with Crippen LogP contribution in [0.4, 0.5) is 0 Å². The molecule has 0 saturated carbocycles. The third kappa shape index (κ3) is 3.61. The average molecular weight is 327 g/mol. The summed E-state index contributed by atoms with van der Waals surface area (Å²) in [6.45, 7) is 0. The minimum absolute atomic E-state index is 0.0937. The quantitative estimate of drug-likeness (QED) is 0.749. The first-order valence-corrected chi connectivity index (χ1v) is 8.72. The fraction of sp³-hybridized carbons (Fsp3) is 0.182. The third-order valence-corrected chi connectivity index (χ3v) is 4.61. The third-order valence-electron chi connectivity index (χ3n) is 4.61. The predicted octanol–water partition coefficient (Wildman–Crippen LogP) is 4.50. The monoisotopic (exact) mass is 327 g/mol. The van der Waals surface area contributed by atoms with Crippen molar-refractivity contribution < 1.29 is 0 Å². The Labute approximate surface area is 148 Å². The molecule has 124 valence electrons. The van der Waals surface area contributed by atoms with Crippen molar-refractivity contribution in [2.75, 3.05) is 0 Å². The Morgan fingerprint density at radius 2 is 1.48 bits per heavy atom. The molecular weight excluding hydrogens is 306 g/mol. The van der Waals surface area contributed by atoms with Gasteiger partial charge in [-0.05, 0) is 29.2 Å². The highest BCUT2D eigenvalue weighted by Gasteiger charge is 2.30. The Balaban J connectivity index is 1.57. The van der Waals surface area contributed by atoms with Gasteiger partial charge in [-0.2, -0.15) is 0 Å². The van der Waals surface area contributed by atoms with Gasteiger partial charge in [-0.15, -0.1) is 0 Å². The van der Waals surface area contributed by atoms with E-state index in [1.807, 2.05) is 24.5 Å². The van der Waals surface area contributed by atoms with Crippen LogP contribution in [0.25, 0.3) is 0 Å². The molecule has 2 aromatic carbocycles. The number of hydrogen-bond acceptors (Lipinski definition) is 3. The average Bonchev–Trinajstić information content (AvgIpc) is 3.13. The molecule has 4 rings (SSSR count). The van der Waals surface area contributed by atoms with Crippen LogP contribution in [0.1, 0.15) is 35.2 Å². The van der Waals surface area contributed by atoms with Crippen LogP contribution in [0.3, 0.4) is 0 Å². The molecule has 3 aromatic rings. The molecule has 2 heterocycles. The van der Waals surface area contributed by atoms with Crippen molar-refractivity contribution in [2.45, 2.75) is 24.9 Å². The Bertz CT molecular complexity index is 829. The highest BCUT2D eigenvalue weighted by atomic mass is 15.1. The number of rotatable bonds is 5. The zero-order valence-electron chi connectivity index (χ0n) is 14.0. The number of hydrogen-bond donors (Lipinski definition) is 1. The minimum Gasteiger partial charge on any atom is -0.364 e. The number of aryl methyl sites for hydroxylation is 1. The van der Waals surface area contributed by atoms with Crippen molar-refractivity contribution >= 4 is 5.84 Å². The maximum absolute atomic E-state index is 5.01. The molecule has 1 N–H and O–H groups in total. The maximum atomic E-state index is 5.01.